The van der Waals surface area contributed by atoms with E-state index in [0.717, 1.165) is 16.9 Å². The quantitative estimate of drug-likeness (QED) is 0.539. The van der Waals surface area contributed by atoms with Gasteiger partial charge in [-0.1, -0.05) is 29.5 Å². The second-order valence-electron chi connectivity index (χ2n) is 6.10. The van der Waals surface area contributed by atoms with Gasteiger partial charge in [-0.25, -0.2) is 4.39 Å². The van der Waals surface area contributed by atoms with Crippen molar-refractivity contribution in [2.75, 3.05) is 6.61 Å². The predicted octanol–water partition coefficient (Wildman–Crippen LogP) is 2.93. The molecule has 0 unspecified atom stereocenters. The summed E-state index contributed by atoms with van der Waals surface area (Å²) in [6.45, 7) is 0.408. The molecular weight excluding hydrogens is 365 g/mol. The summed E-state index contributed by atoms with van der Waals surface area (Å²) in [6.07, 6.45) is 3.83. The zero-order chi connectivity index (χ0) is 18.4. The Labute approximate surface area is 156 Å². The van der Waals surface area contributed by atoms with E-state index in [1.54, 1.807) is 12.1 Å². The van der Waals surface area contributed by atoms with Gasteiger partial charge in [0, 0.05) is 11.1 Å². The van der Waals surface area contributed by atoms with Crippen molar-refractivity contribution in [2.45, 2.75) is 0 Å². The summed E-state index contributed by atoms with van der Waals surface area (Å²) < 4.78 is 20.6. The van der Waals surface area contributed by atoms with Crippen LogP contribution in [0.1, 0.15) is 5.56 Å². The number of nitrogens with zero attached hydrogens (tertiary/aromatic N) is 3. The highest BCUT2D eigenvalue weighted by Crippen LogP contribution is 2.26. The van der Waals surface area contributed by atoms with E-state index >= 15 is 0 Å². The van der Waals surface area contributed by atoms with E-state index in [-0.39, 0.29) is 11.4 Å². The van der Waals surface area contributed by atoms with E-state index < -0.39 is 0 Å². The average Bonchev–Trinajstić information content (AvgIpc) is 3.22. The molecule has 132 valence electrons. The largest absolute Gasteiger partial charge is 0.488 e. The van der Waals surface area contributed by atoms with Gasteiger partial charge in [0.25, 0.3) is 5.56 Å². The Morgan fingerprint density at radius 2 is 1.96 bits per heavy atom. The van der Waals surface area contributed by atoms with Gasteiger partial charge in [0.2, 0.25) is 4.96 Å². The highest BCUT2D eigenvalue weighted by atomic mass is 32.1. The molecule has 27 heavy (non-hydrogen) atoms. The average molecular weight is 377 g/mol. The van der Waals surface area contributed by atoms with Crippen molar-refractivity contribution in [2.24, 2.45) is 0 Å². The molecule has 0 aliphatic carbocycles. The number of benzene rings is 2. The first-order valence-corrected chi connectivity index (χ1v) is 9.09. The summed E-state index contributed by atoms with van der Waals surface area (Å²) in [4.78, 5) is 17.6. The summed E-state index contributed by atoms with van der Waals surface area (Å²) >= 11 is 1.27. The fourth-order valence-corrected chi connectivity index (χ4v) is 3.86. The monoisotopic (exact) mass is 377 g/mol. The van der Waals surface area contributed by atoms with Crippen LogP contribution < -0.4 is 14.8 Å². The number of thiazole rings is 1. The van der Waals surface area contributed by atoms with Crippen molar-refractivity contribution < 1.29 is 9.13 Å². The molecule has 0 bridgehead atoms. The molecular formula is C20H12FN3O2S. The van der Waals surface area contributed by atoms with Gasteiger partial charge in [-0.05, 0) is 48.1 Å². The van der Waals surface area contributed by atoms with Crippen LogP contribution in [0.4, 0.5) is 4.39 Å². The summed E-state index contributed by atoms with van der Waals surface area (Å²) in [7, 11) is 0. The van der Waals surface area contributed by atoms with Gasteiger partial charge in [-0.15, -0.1) is 5.10 Å². The lowest BCUT2D eigenvalue weighted by atomic mass is 10.1. The van der Waals surface area contributed by atoms with Crippen LogP contribution in [0, 0.1) is 5.82 Å². The minimum atomic E-state index is -0.328. The van der Waals surface area contributed by atoms with E-state index in [2.05, 4.69) is 10.1 Å². The molecule has 0 fully saturated rings. The Bertz CT molecular complexity index is 1310. The molecule has 0 amide bonds. The molecule has 0 atom stereocenters. The van der Waals surface area contributed by atoms with Crippen molar-refractivity contribution in [3.05, 3.63) is 80.4 Å². The molecule has 7 heteroatoms. The smallest absolute Gasteiger partial charge is 0.291 e. The molecule has 0 radical (unpaired) electrons. The number of aromatic nitrogens is 3. The molecule has 5 nitrogen and oxygen atoms in total. The summed E-state index contributed by atoms with van der Waals surface area (Å²) in [5, 5.41) is 4.27. The van der Waals surface area contributed by atoms with E-state index in [1.165, 1.54) is 28.0 Å². The lowest BCUT2D eigenvalue weighted by molar-refractivity contribution is 0.352. The Kier molecular flexibility index (Phi) is 3.61. The highest BCUT2D eigenvalue weighted by molar-refractivity contribution is 7.15. The molecule has 5 rings (SSSR count). The summed E-state index contributed by atoms with van der Waals surface area (Å²) in [6, 6.07) is 13.6. The van der Waals surface area contributed by atoms with E-state index in [9.17, 15) is 9.18 Å². The first-order valence-electron chi connectivity index (χ1n) is 8.27. The Hall–Kier alpha value is -3.32. The third-order valence-corrected chi connectivity index (χ3v) is 5.21. The van der Waals surface area contributed by atoms with Crippen molar-refractivity contribution >= 4 is 28.4 Å². The number of fused-ring (bicyclic) bond motifs is 2. The van der Waals surface area contributed by atoms with E-state index in [0.29, 0.717) is 27.5 Å². The van der Waals surface area contributed by atoms with Crippen LogP contribution in [0.25, 0.3) is 28.5 Å². The van der Waals surface area contributed by atoms with Crippen LogP contribution in [0.3, 0.4) is 0 Å². The van der Waals surface area contributed by atoms with Crippen LogP contribution in [0.15, 0.2) is 58.9 Å². The Morgan fingerprint density at radius 3 is 2.78 bits per heavy atom. The number of rotatable bonds is 2. The van der Waals surface area contributed by atoms with Gasteiger partial charge < -0.3 is 4.74 Å². The van der Waals surface area contributed by atoms with Gasteiger partial charge in [0.05, 0.1) is 4.53 Å². The highest BCUT2D eigenvalue weighted by Gasteiger charge is 2.14. The molecule has 1 aliphatic rings. The van der Waals surface area contributed by atoms with Crippen LogP contribution in [0.5, 0.6) is 5.75 Å². The molecule has 2 aromatic carbocycles. The van der Waals surface area contributed by atoms with Gasteiger partial charge in [-0.3, -0.25) is 4.79 Å². The minimum absolute atomic E-state index is 0.226. The van der Waals surface area contributed by atoms with Gasteiger partial charge in [0.15, 0.2) is 5.82 Å². The van der Waals surface area contributed by atoms with Crippen molar-refractivity contribution in [1.29, 1.82) is 0 Å². The topological polar surface area (TPSA) is 56.5 Å². The van der Waals surface area contributed by atoms with E-state index in [1.807, 2.05) is 36.4 Å². The SMILES string of the molecule is O=c1/c(=C/C2=Cc3ccccc3OC2)sc2nc(-c3ccc(F)cc3)nn12. The molecule has 4 aromatic rings. The zero-order valence-electron chi connectivity index (χ0n) is 13.9. The van der Waals surface area contributed by atoms with Gasteiger partial charge >= 0.3 is 0 Å². The lowest BCUT2D eigenvalue weighted by Gasteiger charge is -2.15. The zero-order valence-corrected chi connectivity index (χ0v) is 14.7. The van der Waals surface area contributed by atoms with Crippen molar-refractivity contribution in [3.63, 3.8) is 0 Å². The van der Waals surface area contributed by atoms with Gasteiger partial charge in [-0.2, -0.15) is 9.50 Å². The fourth-order valence-electron chi connectivity index (χ4n) is 2.94. The molecule has 0 saturated heterocycles. The van der Waals surface area contributed by atoms with Crippen LogP contribution in [-0.2, 0) is 0 Å². The molecule has 2 aromatic heterocycles. The molecule has 0 spiro atoms. The number of hydrogen-bond donors (Lipinski definition) is 0. The maximum Gasteiger partial charge on any atom is 0.291 e. The number of ether oxygens (including phenoxy) is 1. The molecule has 0 saturated carbocycles. The number of halogens is 1. The Balaban J connectivity index is 1.56. The lowest BCUT2D eigenvalue weighted by Crippen LogP contribution is -2.24. The second-order valence-corrected chi connectivity index (χ2v) is 7.11. The maximum atomic E-state index is 13.1. The van der Waals surface area contributed by atoms with Crippen molar-refractivity contribution in [1.82, 2.24) is 14.6 Å². The van der Waals surface area contributed by atoms with Crippen LogP contribution in [0.2, 0.25) is 0 Å². The molecule has 1 aliphatic heterocycles. The normalized spacial score (nSPS) is 14.1. The molecule has 3 heterocycles. The van der Waals surface area contributed by atoms with Gasteiger partial charge in [0.1, 0.15) is 18.2 Å². The third kappa shape index (κ3) is 2.82. The summed E-state index contributed by atoms with van der Waals surface area (Å²) in [5.41, 5.74) is 2.34. The van der Waals surface area contributed by atoms with E-state index in [4.69, 9.17) is 4.74 Å². The minimum Gasteiger partial charge on any atom is -0.488 e. The summed E-state index contributed by atoms with van der Waals surface area (Å²) in [5.74, 6) is 0.911. The van der Waals surface area contributed by atoms with Crippen LogP contribution >= 0.6 is 11.3 Å². The second kappa shape index (κ2) is 6.14. The number of para-hydroxylation sites is 1. The first kappa shape index (κ1) is 15.9. The third-order valence-electron chi connectivity index (χ3n) is 4.26. The fraction of sp³-hybridized carbons (Fsp3) is 0.0500. The standard InChI is InChI=1S/C20H12FN3O2S/c21-15-7-5-13(6-8-15)18-22-20-24(23-18)19(25)17(27-20)10-12-9-14-3-1-2-4-16(14)26-11-12/h1-10H,11H2/b17-10-. The predicted molar refractivity (Wildman–Crippen MR) is 102 cm³/mol. The first-order chi connectivity index (χ1) is 13.2. The van der Waals surface area contributed by atoms with Crippen molar-refractivity contribution in [3.8, 4) is 17.1 Å². The Morgan fingerprint density at radius 1 is 1.15 bits per heavy atom. The maximum absolute atomic E-state index is 13.1. The van der Waals surface area contributed by atoms with Crippen LogP contribution in [-0.4, -0.2) is 21.2 Å². The molecule has 0 N–H and O–H groups in total. The number of hydrogen-bond acceptors (Lipinski definition) is 5.